The van der Waals surface area contributed by atoms with Crippen LogP contribution in [-0.2, 0) is 12.1 Å². The molecule has 0 bridgehead atoms. The summed E-state index contributed by atoms with van der Waals surface area (Å²) in [5, 5.41) is 6.07. The first-order valence-electron chi connectivity index (χ1n) is 7.96. The van der Waals surface area contributed by atoms with Crippen LogP contribution >= 0.6 is 23.7 Å². The Morgan fingerprint density at radius 2 is 2.12 bits per heavy atom. The maximum absolute atomic E-state index is 6.39. The fourth-order valence-electron chi connectivity index (χ4n) is 2.96. The van der Waals surface area contributed by atoms with E-state index in [1.165, 1.54) is 0 Å². The Labute approximate surface area is 155 Å². The summed E-state index contributed by atoms with van der Waals surface area (Å²) in [5.74, 6) is 1.81. The van der Waals surface area contributed by atoms with E-state index in [-0.39, 0.29) is 12.4 Å². The molecule has 1 aliphatic rings. The molecule has 132 valence electrons. The summed E-state index contributed by atoms with van der Waals surface area (Å²) in [7, 11) is 0. The number of rotatable bonds is 5. The second kappa shape index (κ2) is 7.51. The van der Waals surface area contributed by atoms with Gasteiger partial charge in [-0.3, -0.25) is 0 Å². The maximum atomic E-state index is 6.39. The molecular weight excluding hydrogens is 360 g/mol. The molecule has 0 unspecified atom stereocenters. The largest absolute Gasteiger partial charge is 0.487 e. The molecule has 3 aromatic rings. The van der Waals surface area contributed by atoms with Crippen LogP contribution < -0.4 is 10.5 Å². The topological polar surface area (TPSA) is 87.1 Å². The third-order valence-corrected chi connectivity index (χ3v) is 4.95. The van der Waals surface area contributed by atoms with E-state index in [2.05, 4.69) is 15.1 Å². The van der Waals surface area contributed by atoms with Crippen LogP contribution in [0.3, 0.4) is 0 Å². The van der Waals surface area contributed by atoms with Gasteiger partial charge in [0.05, 0.1) is 16.7 Å². The van der Waals surface area contributed by atoms with Crippen molar-refractivity contribution in [3.63, 3.8) is 0 Å². The lowest BCUT2D eigenvalue weighted by atomic mass is 9.99. The highest BCUT2D eigenvalue weighted by Gasteiger charge is 2.36. The molecule has 2 heterocycles. The number of ether oxygens (including phenoxy) is 1. The minimum atomic E-state index is -0.444. The summed E-state index contributed by atoms with van der Waals surface area (Å²) in [5.41, 5.74) is 9.48. The summed E-state index contributed by atoms with van der Waals surface area (Å²) in [6, 6.07) is 7.62. The molecular formula is C17H19ClN4O2S. The maximum Gasteiger partial charge on any atom is 0.258 e. The molecule has 0 atom stereocenters. The van der Waals surface area contributed by atoms with E-state index in [9.17, 15) is 0 Å². The lowest BCUT2D eigenvalue weighted by Gasteiger charge is -2.17. The quantitative estimate of drug-likeness (QED) is 0.723. The number of halogens is 1. The van der Waals surface area contributed by atoms with Crippen LogP contribution in [0.2, 0.25) is 0 Å². The van der Waals surface area contributed by atoms with Crippen LogP contribution in [-0.4, -0.2) is 15.1 Å². The monoisotopic (exact) mass is 378 g/mol. The number of nitrogens with two attached hydrogens (primary N) is 1. The molecule has 0 amide bonds. The first-order chi connectivity index (χ1) is 11.7. The molecule has 8 heteroatoms. The average Bonchev–Trinajstić information content (AvgIpc) is 3.35. The van der Waals surface area contributed by atoms with Crippen LogP contribution in [0.1, 0.15) is 37.2 Å². The van der Waals surface area contributed by atoms with Crippen molar-refractivity contribution in [1.29, 1.82) is 0 Å². The zero-order valence-corrected chi connectivity index (χ0v) is 15.2. The van der Waals surface area contributed by atoms with Gasteiger partial charge in [0.1, 0.15) is 12.4 Å². The molecule has 6 nitrogen and oxygen atoms in total. The minimum Gasteiger partial charge on any atom is -0.487 e. The number of hydrogen-bond acceptors (Lipinski definition) is 7. The summed E-state index contributed by atoms with van der Waals surface area (Å²) in [6.45, 7) is 0.438. The molecule has 2 N–H and O–H groups in total. The number of nitrogens with zero attached hydrogens (tertiary/aromatic N) is 3. The van der Waals surface area contributed by atoms with Crippen molar-refractivity contribution in [2.75, 3.05) is 0 Å². The standard InChI is InChI=1S/C17H18N4O2S.ClH/c18-17(6-1-2-7-17)16-20-15(23-21-16)12-4-3-5-14(8-12)22-9-13-10-24-11-19-13;/h3-5,8,10-11H,1-2,6-7,9,18H2;1H. The normalized spacial score (nSPS) is 15.7. The Hall–Kier alpha value is -1.96. The Balaban J connectivity index is 0.00000182. The summed E-state index contributed by atoms with van der Waals surface area (Å²) >= 11 is 1.55. The number of hydrogen-bond donors (Lipinski definition) is 1. The van der Waals surface area contributed by atoms with Crippen LogP contribution in [0.5, 0.6) is 5.75 Å². The summed E-state index contributed by atoms with van der Waals surface area (Å²) in [4.78, 5) is 8.72. The molecule has 4 rings (SSSR count). The van der Waals surface area contributed by atoms with E-state index >= 15 is 0 Å². The smallest absolute Gasteiger partial charge is 0.258 e. The second-order valence-corrected chi connectivity index (χ2v) is 6.80. The molecule has 25 heavy (non-hydrogen) atoms. The molecule has 0 spiro atoms. The SMILES string of the molecule is Cl.NC1(c2noc(-c3cccc(OCc4cscn4)c3)n2)CCCC1. The predicted molar refractivity (Wildman–Crippen MR) is 97.8 cm³/mol. The van der Waals surface area contributed by atoms with Gasteiger partial charge in [0.2, 0.25) is 0 Å². The van der Waals surface area contributed by atoms with Gasteiger partial charge in [0, 0.05) is 10.9 Å². The highest BCUT2D eigenvalue weighted by Crippen LogP contribution is 2.35. The first kappa shape index (κ1) is 17.8. The van der Waals surface area contributed by atoms with Gasteiger partial charge in [-0.15, -0.1) is 23.7 Å². The summed E-state index contributed by atoms with van der Waals surface area (Å²) in [6.07, 6.45) is 4.03. The zero-order chi connectivity index (χ0) is 16.4. The highest BCUT2D eigenvalue weighted by molar-refractivity contribution is 7.07. The first-order valence-corrected chi connectivity index (χ1v) is 8.91. The van der Waals surface area contributed by atoms with E-state index in [0.29, 0.717) is 18.3 Å². The van der Waals surface area contributed by atoms with Gasteiger partial charge in [-0.2, -0.15) is 4.98 Å². The lowest BCUT2D eigenvalue weighted by molar-refractivity contribution is 0.302. The van der Waals surface area contributed by atoms with Gasteiger partial charge in [-0.1, -0.05) is 24.1 Å². The fourth-order valence-corrected chi connectivity index (χ4v) is 3.50. The van der Waals surface area contributed by atoms with Crippen LogP contribution in [0, 0.1) is 0 Å². The molecule has 1 aromatic carbocycles. The number of aromatic nitrogens is 3. The highest BCUT2D eigenvalue weighted by atomic mass is 35.5. The number of thiazole rings is 1. The van der Waals surface area contributed by atoms with Gasteiger partial charge in [0.15, 0.2) is 5.82 Å². The predicted octanol–water partition coefficient (Wildman–Crippen LogP) is 3.92. The molecule has 1 aliphatic carbocycles. The van der Waals surface area contributed by atoms with E-state index in [4.69, 9.17) is 15.0 Å². The van der Waals surface area contributed by atoms with Crippen molar-refractivity contribution in [2.24, 2.45) is 5.73 Å². The van der Waals surface area contributed by atoms with Crippen molar-refractivity contribution in [3.05, 3.63) is 46.7 Å². The second-order valence-electron chi connectivity index (χ2n) is 6.08. The Morgan fingerprint density at radius 3 is 2.88 bits per heavy atom. The van der Waals surface area contributed by atoms with Crippen molar-refractivity contribution in [2.45, 2.75) is 37.8 Å². The minimum absolute atomic E-state index is 0. The van der Waals surface area contributed by atoms with Crippen LogP contribution in [0.25, 0.3) is 11.5 Å². The molecule has 1 saturated carbocycles. The van der Waals surface area contributed by atoms with E-state index in [0.717, 1.165) is 42.7 Å². The van der Waals surface area contributed by atoms with Gasteiger partial charge < -0.3 is 15.0 Å². The summed E-state index contributed by atoms with van der Waals surface area (Å²) < 4.78 is 11.2. The molecule has 2 aromatic heterocycles. The zero-order valence-electron chi connectivity index (χ0n) is 13.6. The van der Waals surface area contributed by atoms with E-state index < -0.39 is 5.54 Å². The van der Waals surface area contributed by atoms with Crippen molar-refractivity contribution >= 4 is 23.7 Å². The average molecular weight is 379 g/mol. The van der Waals surface area contributed by atoms with Gasteiger partial charge in [-0.25, -0.2) is 4.98 Å². The molecule has 1 fully saturated rings. The Bertz CT molecular complexity index is 816. The van der Waals surface area contributed by atoms with Crippen LogP contribution in [0.4, 0.5) is 0 Å². The van der Waals surface area contributed by atoms with Crippen LogP contribution in [0.15, 0.2) is 39.7 Å². The van der Waals surface area contributed by atoms with Gasteiger partial charge >= 0.3 is 0 Å². The third kappa shape index (κ3) is 3.84. The molecule has 0 radical (unpaired) electrons. The van der Waals surface area contributed by atoms with Gasteiger partial charge in [0.25, 0.3) is 5.89 Å². The van der Waals surface area contributed by atoms with E-state index in [1.807, 2.05) is 29.6 Å². The molecule has 0 saturated heterocycles. The van der Waals surface area contributed by atoms with Crippen molar-refractivity contribution in [3.8, 4) is 17.2 Å². The van der Waals surface area contributed by atoms with Crippen molar-refractivity contribution < 1.29 is 9.26 Å². The lowest BCUT2D eigenvalue weighted by Crippen LogP contribution is -2.34. The Morgan fingerprint density at radius 1 is 1.28 bits per heavy atom. The van der Waals surface area contributed by atoms with E-state index in [1.54, 1.807) is 16.8 Å². The van der Waals surface area contributed by atoms with Gasteiger partial charge in [-0.05, 0) is 31.0 Å². The number of benzene rings is 1. The van der Waals surface area contributed by atoms with Crippen molar-refractivity contribution in [1.82, 2.24) is 15.1 Å². The fraction of sp³-hybridized carbons (Fsp3) is 0.353. The Kier molecular flexibility index (Phi) is 5.36. The third-order valence-electron chi connectivity index (χ3n) is 4.32. The molecule has 0 aliphatic heterocycles.